The van der Waals surface area contributed by atoms with E-state index in [9.17, 15) is 0 Å². The normalized spacial score (nSPS) is 13.2. The molecule has 0 bridgehead atoms. The molecule has 0 spiro atoms. The summed E-state index contributed by atoms with van der Waals surface area (Å²) in [6, 6.07) is 62.7. The molecule has 0 N–H and O–H groups in total. The van der Waals surface area contributed by atoms with Crippen molar-refractivity contribution in [2.45, 2.75) is 71.6 Å². The van der Waals surface area contributed by atoms with Crippen molar-refractivity contribution < 1.29 is 0 Å². The smallest absolute Gasteiger partial charge is 0.0468 e. The average molecular weight is 717 g/mol. The van der Waals surface area contributed by atoms with Gasteiger partial charge in [-0.1, -0.05) is 152 Å². The Bertz CT molecular complexity index is 2370. The van der Waals surface area contributed by atoms with Gasteiger partial charge in [-0.25, -0.2) is 0 Å². The van der Waals surface area contributed by atoms with Gasteiger partial charge in [-0.15, -0.1) is 0 Å². The summed E-state index contributed by atoms with van der Waals surface area (Å²) in [6.45, 7) is 18.3. The molecular formula is C53H52N2. The lowest BCUT2D eigenvalue weighted by Crippen LogP contribution is -2.15. The van der Waals surface area contributed by atoms with E-state index < -0.39 is 0 Å². The molecule has 274 valence electrons. The first-order valence-electron chi connectivity index (χ1n) is 19.6. The number of hydrogen-bond donors (Lipinski definition) is 0. The van der Waals surface area contributed by atoms with Crippen molar-refractivity contribution in [2.24, 2.45) is 0 Å². The van der Waals surface area contributed by atoms with Crippen LogP contribution in [0, 0.1) is 0 Å². The Morgan fingerprint density at radius 3 is 1.20 bits per heavy atom. The Morgan fingerprint density at radius 2 is 0.709 bits per heavy atom. The molecule has 0 saturated heterocycles. The summed E-state index contributed by atoms with van der Waals surface area (Å²) in [7, 11) is 0. The van der Waals surface area contributed by atoms with Gasteiger partial charge in [0.15, 0.2) is 0 Å². The summed E-state index contributed by atoms with van der Waals surface area (Å²) >= 11 is 0. The summed E-state index contributed by atoms with van der Waals surface area (Å²) in [4.78, 5) is 4.77. The van der Waals surface area contributed by atoms with Gasteiger partial charge < -0.3 is 9.80 Å². The maximum absolute atomic E-state index is 2.40. The van der Waals surface area contributed by atoms with Crippen LogP contribution >= 0.6 is 0 Å². The predicted octanol–water partition coefficient (Wildman–Crippen LogP) is 15.2. The minimum absolute atomic E-state index is 0.0477. The monoisotopic (exact) mass is 716 g/mol. The summed E-state index contributed by atoms with van der Waals surface area (Å²) in [5.74, 6) is 0. The fraction of sp³-hybridized carbons (Fsp3) is 0.208. The maximum Gasteiger partial charge on any atom is 0.0468 e. The molecule has 7 aromatic rings. The van der Waals surface area contributed by atoms with Crippen LogP contribution in [-0.2, 0) is 16.2 Å². The number of anilines is 6. The van der Waals surface area contributed by atoms with Crippen molar-refractivity contribution in [1.82, 2.24) is 0 Å². The van der Waals surface area contributed by atoms with Gasteiger partial charge in [0.1, 0.15) is 0 Å². The first-order valence-corrected chi connectivity index (χ1v) is 19.6. The van der Waals surface area contributed by atoms with E-state index in [0.717, 1.165) is 34.1 Å². The van der Waals surface area contributed by atoms with Crippen LogP contribution in [-0.4, -0.2) is 0 Å². The molecule has 0 heterocycles. The van der Waals surface area contributed by atoms with Crippen LogP contribution in [0.4, 0.5) is 34.1 Å². The van der Waals surface area contributed by atoms with E-state index in [1.165, 1.54) is 44.5 Å². The highest BCUT2D eigenvalue weighted by atomic mass is 15.2. The zero-order valence-corrected chi connectivity index (χ0v) is 33.6. The van der Waals surface area contributed by atoms with E-state index in [1.54, 1.807) is 0 Å². The molecule has 1 aliphatic rings. The first kappa shape index (κ1) is 36.1. The molecule has 8 rings (SSSR count). The van der Waals surface area contributed by atoms with Crippen LogP contribution in [0.1, 0.15) is 77.6 Å². The predicted molar refractivity (Wildman–Crippen MR) is 236 cm³/mol. The van der Waals surface area contributed by atoms with Crippen LogP contribution < -0.4 is 9.80 Å². The highest BCUT2D eigenvalue weighted by Gasteiger charge is 2.35. The third kappa shape index (κ3) is 6.87. The van der Waals surface area contributed by atoms with Crippen LogP contribution in [0.25, 0.3) is 22.3 Å². The Morgan fingerprint density at radius 1 is 0.345 bits per heavy atom. The maximum atomic E-state index is 2.40. The Balaban J connectivity index is 1.23. The third-order valence-corrected chi connectivity index (χ3v) is 11.4. The van der Waals surface area contributed by atoms with Gasteiger partial charge in [0.2, 0.25) is 0 Å². The molecule has 1 aliphatic carbocycles. The number of nitrogens with zero attached hydrogens (tertiary/aromatic N) is 2. The Kier molecular flexibility index (Phi) is 9.05. The van der Waals surface area contributed by atoms with Gasteiger partial charge in [-0.2, -0.15) is 0 Å². The first-order chi connectivity index (χ1) is 26.3. The number of hydrogen-bond acceptors (Lipinski definition) is 2. The minimum atomic E-state index is -0.0477. The molecule has 0 unspecified atom stereocenters. The quantitative estimate of drug-likeness (QED) is 0.162. The van der Waals surface area contributed by atoms with Gasteiger partial charge >= 0.3 is 0 Å². The molecule has 2 heteroatoms. The summed E-state index contributed by atoms with van der Waals surface area (Å²) < 4.78 is 0. The van der Waals surface area contributed by atoms with Gasteiger partial charge in [0.25, 0.3) is 0 Å². The lowest BCUT2D eigenvalue weighted by Gasteiger charge is -2.30. The lowest BCUT2D eigenvalue weighted by molar-refractivity contribution is 0.590. The highest BCUT2D eigenvalue weighted by molar-refractivity contribution is 5.87. The molecule has 0 atom stereocenters. The van der Waals surface area contributed by atoms with E-state index in [1.807, 2.05) is 0 Å². The zero-order chi connectivity index (χ0) is 38.5. The molecule has 7 aromatic carbocycles. The van der Waals surface area contributed by atoms with E-state index in [2.05, 4.69) is 235 Å². The van der Waals surface area contributed by atoms with Gasteiger partial charge in [-0.05, 0) is 128 Å². The largest absolute Gasteiger partial charge is 0.311 e. The van der Waals surface area contributed by atoms with Crippen molar-refractivity contribution in [3.63, 3.8) is 0 Å². The van der Waals surface area contributed by atoms with Gasteiger partial charge in [-0.3, -0.25) is 0 Å². The summed E-state index contributed by atoms with van der Waals surface area (Å²) in [6.07, 6.45) is 0. The lowest BCUT2D eigenvalue weighted by atomic mass is 9.82. The molecule has 0 saturated carbocycles. The van der Waals surface area contributed by atoms with E-state index in [0.29, 0.717) is 0 Å². The average Bonchev–Trinajstić information content (AvgIpc) is 3.41. The Labute approximate surface area is 328 Å². The fourth-order valence-electron chi connectivity index (χ4n) is 8.15. The molecule has 0 radical (unpaired) electrons. The van der Waals surface area contributed by atoms with Gasteiger partial charge in [0.05, 0.1) is 0 Å². The molecule has 0 aliphatic heterocycles. The molecule has 0 aromatic heterocycles. The summed E-state index contributed by atoms with van der Waals surface area (Å²) in [5.41, 5.74) is 17.3. The minimum Gasteiger partial charge on any atom is -0.311 e. The molecule has 55 heavy (non-hydrogen) atoms. The highest BCUT2D eigenvalue weighted by Crippen LogP contribution is 2.51. The van der Waals surface area contributed by atoms with E-state index in [4.69, 9.17) is 0 Å². The number of fused-ring (bicyclic) bond motifs is 3. The zero-order valence-electron chi connectivity index (χ0n) is 33.6. The van der Waals surface area contributed by atoms with Crippen LogP contribution in [0.2, 0.25) is 0 Å². The second kappa shape index (κ2) is 13.8. The second-order valence-electron chi connectivity index (χ2n) is 17.6. The third-order valence-electron chi connectivity index (χ3n) is 11.4. The van der Waals surface area contributed by atoms with Crippen molar-refractivity contribution >= 4 is 34.1 Å². The van der Waals surface area contributed by atoms with Crippen molar-refractivity contribution in [1.29, 1.82) is 0 Å². The molecule has 2 nitrogen and oxygen atoms in total. The van der Waals surface area contributed by atoms with Crippen molar-refractivity contribution in [3.05, 3.63) is 192 Å². The topological polar surface area (TPSA) is 6.48 Å². The number of benzene rings is 7. The van der Waals surface area contributed by atoms with Crippen molar-refractivity contribution in [3.8, 4) is 22.3 Å². The van der Waals surface area contributed by atoms with Crippen LogP contribution in [0.5, 0.6) is 0 Å². The van der Waals surface area contributed by atoms with Crippen molar-refractivity contribution in [2.75, 3.05) is 9.80 Å². The standard InChI is InChI=1S/C53H52N2/c1-51(2,3)39-20-26-42(27-21-39)54(43-28-22-40(23-29-43)52(4,5)6)44-30-32-45(33-31-44)55(41-24-18-38(19-25-41)37-14-10-9-11-15-37)46-34-35-50-48(36-46)47-16-12-13-17-49(47)53(50,7)8/h9-36H,1-8H3. The van der Waals surface area contributed by atoms with E-state index in [-0.39, 0.29) is 16.2 Å². The van der Waals surface area contributed by atoms with Crippen LogP contribution in [0.15, 0.2) is 170 Å². The fourth-order valence-corrected chi connectivity index (χ4v) is 8.15. The van der Waals surface area contributed by atoms with Gasteiger partial charge in [0, 0.05) is 39.5 Å². The van der Waals surface area contributed by atoms with Crippen LogP contribution in [0.3, 0.4) is 0 Å². The summed E-state index contributed by atoms with van der Waals surface area (Å²) in [5, 5.41) is 0. The second-order valence-corrected chi connectivity index (χ2v) is 17.6. The SMILES string of the molecule is CC(C)(C)c1ccc(N(c2ccc(N(c3ccc(-c4ccccc4)cc3)c3ccc4c(c3)-c3ccccc3C4(C)C)cc2)c2ccc(C(C)(C)C)cc2)cc1. The van der Waals surface area contributed by atoms with E-state index >= 15 is 0 Å². The Hall–Kier alpha value is -5.86. The molecule has 0 amide bonds. The molecule has 0 fully saturated rings. The molecular weight excluding hydrogens is 665 g/mol. The number of rotatable bonds is 7.